The van der Waals surface area contributed by atoms with Gasteiger partial charge in [0.15, 0.2) is 0 Å². The zero-order valence-corrected chi connectivity index (χ0v) is 10.2. The van der Waals surface area contributed by atoms with Gasteiger partial charge in [-0.05, 0) is 24.6 Å². The molecule has 18 heavy (non-hydrogen) atoms. The molecule has 0 saturated heterocycles. The van der Waals surface area contributed by atoms with E-state index in [1.807, 2.05) is 37.3 Å². The first-order valence-electron chi connectivity index (χ1n) is 5.72. The number of anilines is 2. The lowest BCUT2D eigenvalue weighted by molar-refractivity contribution is -0.115. The molecule has 0 unspecified atom stereocenters. The lowest BCUT2D eigenvalue weighted by atomic mass is 10.1. The van der Waals surface area contributed by atoms with E-state index in [9.17, 15) is 4.79 Å². The van der Waals surface area contributed by atoms with Gasteiger partial charge in [0.2, 0.25) is 5.91 Å². The Bertz CT molecular complexity index is 552. The Hall–Kier alpha value is -2.36. The minimum absolute atomic E-state index is 0.0853. The van der Waals surface area contributed by atoms with Crippen LogP contribution in [0.3, 0.4) is 0 Å². The van der Waals surface area contributed by atoms with E-state index >= 15 is 0 Å². The summed E-state index contributed by atoms with van der Waals surface area (Å²) < 4.78 is 0. The van der Waals surface area contributed by atoms with Crippen molar-refractivity contribution in [2.75, 3.05) is 11.1 Å². The molecule has 0 saturated carbocycles. The van der Waals surface area contributed by atoms with Crippen LogP contribution in [0.25, 0.3) is 0 Å². The van der Waals surface area contributed by atoms with Crippen LogP contribution in [0.15, 0.2) is 42.5 Å². The van der Waals surface area contributed by atoms with Gasteiger partial charge >= 0.3 is 0 Å². The first kappa shape index (κ1) is 12.1. The highest BCUT2D eigenvalue weighted by molar-refractivity contribution is 5.91. The lowest BCUT2D eigenvalue weighted by Crippen LogP contribution is -2.15. The third-order valence-corrected chi connectivity index (χ3v) is 2.60. The van der Waals surface area contributed by atoms with Crippen LogP contribution in [-0.4, -0.2) is 10.9 Å². The van der Waals surface area contributed by atoms with Gasteiger partial charge in [-0.2, -0.15) is 0 Å². The molecule has 0 aliphatic carbocycles. The molecule has 0 spiro atoms. The standard InChI is InChI=1S/C14H15N3O/c1-10-12(15)7-8-13(16-10)17-14(18)9-11-5-3-2-4-6-11/h2-8H,9,15H2,1H3,(H,16,17,18). The van der Waals surface area contributed by atoms with E-state index < -0.39 is 0 Å². The Labute approximate surface area is 106 Å². The summed E-state index contributed by atoms with van der Waals surface area (Å²) in [5.74, 6) is 0.445. The molecule has 1 aromatic heterocycles. The minimum atomic E-state index is -0.0853. The number of nitrogen functional groups attached to an aromatic ring is 1. The molecule has 0 radical (unpaired) electrons. The maximum absolute atomic E-state index is 11.8. The predicted octanol–water partition coefficient (Wildman–Crippen LogP) is 2.15. The number of benzene rings is 1. The molecular weight excluding hydrogens is 226 g/mol. The van der Waals surface area contributed by atoms with Gasteiger partial charge in [0.05, 0.1) is 17.8 Å². The third kappa shape index (κ3) is 3.07. The van der Waals surface area contributed by atoms with Crippen molar-refractivity contribution in [1.29, 1.82) is 0 Å². The van der Waals surface area contributed by atoms with Crippen molar-refractivity contribution >= 4 is 17.4 Å². The monoisotopic (exact) mass is 241 g/mol. The van der Waals surface area contributed by atoms with Crippen LogP contribution < -0.4 is 11.1 Å². The Morgan fingerprint density at radius 2 is 1.94 bits per heavy atom. The van der Waals surface area contributed by atoms with Crippen molar-refractivity contribution in [2.24, 2.45) is 0 Å². The van der Waals surface area contributed by atoms with Gasteiger partial charge in [-0.3, -0.25) is 4.79 Å². The zero-order valence-electron chi connectivity index (χ0n) is 10.2. The summed E-state index contributed by atoms with van der Waals surface area (Å²) in [5.41, 5.74) is 7.98. The average molecular weight is 241 g/mol. The molecular formula is C14H15N3O. The van der Waals surface area contributed by atoms with Gasteiger partial charge in [0.1, 0.15) is 5.82 Å². The molecule has 0 fully saturated rings. The Morgan fingerprint density at radius 3 is 2.61 bits per heavy atom. The van der Waals surface area contributed by atoms with Gasteiger partial charge in [-0.25, -0.2) is 4.98 Å². The maximum Gasteiger partial charge on any atom is 0.229 e. The molecule has 3 N–H and O–H groups in total. The summed E-state index contributed by atoms with van der Waals surface area (Å²) in [5, 5.41) is 2.75. The van der Waals surface area contributed by atoms with Crippen molar-refractivity contribution in [2.45, 2.75) is 13.3 Å². The highest BCUT2D eigenvalue weighted by Gasteiger charge is 2.05. The van der Waals surface area contributed by atoms with E-state index in [0.717, 1.165) is 5.56 Å². The number of pyridine rings is 1. The van der Waals surface area contributed by atoms with Crippen molar-refractivity contribution < 1.29 is 4.79 Å². The van der Waals surface area contributed by atoms with E-state index in [1.54, 1.807) is 12.1 Å². The van der Waals surface area contributed by atoms with Gasteiger partial charge < -0.3 is 11.1 Å². The van der Waals surface area contributed by atoms with Gasteiger partial charge in [0.25, 0.3) is 0 Å². The fourth-order valence-corrected chi connectivity index (χ4v) is 1.61. The fourth-order valence-electron chi connectivity index (χ4n) is 1.61. The molecule has 0 atom stereocenters. The molecule has 0 bridgehead atoms. The number of nitrogens with two attached hydrogens (primary N) is 1. The fraction of sp³-hybridized carbons (Fsp3) is 0.143. The van der Waals surface area contributed by atoms with Crippen LogP contribution in [0.2, 0.25) is 0 Å². The van der Waals surface area contributed by atoms with E-state index in [4.69, 9.17) is 5.73 Å². The SMILES string of the molecule is Cc1nc(NC(=O)Cc2ccccc2)ccc1N. The second-order valence-electron chi connectivity index (χ2n) is 4.08. The summed E-state index contributed by atoms with van der Waals surface area (Å²) in [6.45, 7) is 1.81. The molecule has 4 nitrogen and oxygen atoms in total. The van der Waals surface area contributed by atoms with Crippen LogP contribution in [0.5, 0.6) is 0 Å². The number of amides is 1. The smallest absolute Gasteiger partial charge is 0.229 e. The highest BCUT2D eigenvalue weighted by atomic mass is 16.1. The number of carbonyl (C=O) groups excluding carboxylic acids is 1. The van der Waals surface area contributed by atoms with Gasteiger partial charge in [-0.1, -0.05) is 30.3 Å². The maximum atomic E-state index is 11.8. The number of carbonyl (C=O) groups is 1. The van der Waals surface area contributed by atoms with Crippen molar-refractivity contribution in [1.82, 2.24) is 4.98 Å². The molecule has 0 aliphatic rings. The number of nitrogens with zero attached hydrogens (tertiary/aromatic N) is 1. The second-order valence-corrected chi connectivity index (χ2v) is 4.08. The summed E-state index contributed by atoms with van der Waals surface area (Å²) in [6, 6.07) is 13.0. The van der Waals surface area contributed by atoms with E-state index in [-0.39, 0.29) is 5.91 Å². The Kier molecular flexibility index (Phi) is 3.57. The van der Waals surface area contributed by atoms with Crippen molar-refractivity contribution in [3.8, 4) is 0 Å². The third-order valence-electron chi connectivity index (χ3n) is 2.60. The Morgan fingerprint density at radius 1 is 1.22 bits per heavy atom. The second kappa shape index (κ2) is 5.31. The number of hydrogen-bond acceptors (Lipinski definition) is 3. The quantitative estimate of drug-likeness (QED) is 0.865. The van der Waals surface area contributed by atoms with Crippen LogP contribution in [0, 0.1) is 6.92 Å². The van der Waals surface area contributed by atoms with Gasteiger partial charge in [0, 0.05) is 0 Å². The molecule has 1 aromatic carbocycles. The topological polar surface area (TPSA) is 68.0 Å². The Balaban J connectivity index is 2.01. The van der Waals surface area contributed by atoms with E-state index in [0.29, 0.717) is 23.6 Å². The first-order valence-corrected chi connectivity index (χ1v) is 5.72. The van der Waals surface area contributed by atoms with Crippen LogP contribution in [0.1, 0.15) is 11.3 Å². The van der Waals surface area contributed by atoms with E-state index in [1.165, 1.54) is 0 Å². The summed E-state index contributed by atoms with van der Waals surface area (Å²) in [4.78, 5) is 16.0. The zero-order chi connectivity index (χ0) is 13.0. The normalized spacial score (nSPS) is 10.1. The number of aryl methyl sites for hydroxylation is 1. The number of nitrogens with one attached hydrogen (secondary N) is 1. The highest BCUT2D eigenvalue weighted by Crippen LogP contribution is 2.12. The summed E-state index contributed by atoms with van der Waals surface area (Å²) >= 11 is 0. The number of hydrogen-bond donors (Lipinski definition) is 2. The van der Waals surface area contributed by atoms with Crippen molar-refractivity contribution in [3.63, 3.8) is 0 Å². The molecule has 1 amide bonds. The molecule has 4 heteroatoms. The molecule has 2 aromatic rings. The van der Waals surface area contributed by atoms with Crippen LogP contribution in [0.4, 0.5) is 11.5 Å². The van der Waals surface area contributed by atoms with Crippen molar-refractivity contribution in [3.05, 3.63) is 53.7 Å². The molecule has 1 heterocycles. The first-order chi connectivity index (χ1) is 8.65. The minimum Gasteiger partial charge on any atom is -0.397 e. The molecule has 0 aliphatic heterocycles. The van der Waals surface area contributed by atoms with E-state index in [2.05, 4.69) is 10.3 Å². The summed E-state index contributed by atoms with van der Waals surface area (Å²) in [7, 11) is 0. The number of rotatable bonds is 3. The molecule has 92 valence electrons. The average Bonchev–Trinajstić information content (AvgIpc) is 2.35. The van der Waals surface area contributed by atoms with Crippen LogP contribution in [-0.2, 0) is 11.2 Å². The predicted molar refractivity (Wildman–Crippen MR) is 72.2 cm³/mol. The number of aromatic nitrogens is 1. The molecule has 2 rings (SSSR count). The largest absolute Gasteiger partial charge is 0.397 e. The van der Waals surface area contributed by atoms with Crippen LogP contribution >= 0.6 is 0 Å². The lowest BCUT2D eigenvalue weighted by Gasteiger charge is -2.06. The summed E-state index contributed by atoms with van der Waals surface area (Å²) in [6.07, 6.45) is 0.339. The van der Waals surface area contributed by atoms with Gasteiger partial charge in [-0.15, -0.1) is 0 Å².